The molecule has 4 rings (SSSR count). The highest BCUT2D eigenvalue weighted by atomic mass is 32.2. The monoisotopic (exact) mass is 482 g/mol. The number of alkyl halides is 3. The van der Waals surface area contributed by atoms with E-state index in [1.54, 1.807) is 19.2 Å². The zero-order valence-electron chi connectivity index (χ0n) is 17.6. The molecule has 1 aliphatic rings. The first-order chi connectivity index (χ1) is 15.7. The molecule has 3 aromatic rings. The van der Waals surface area contributed by atoms with Gasteiger partial charge in [-0.15, -0.1) is 0 Å². The Labute approximate surface area is 188 Å². The maximum absolute atomic E-state index is 13.0. The number of rotatable bonds is 6. The first-order valence-corrected chi connectivity index (χ1v) is 11.5. The standard InChI is InChI=1S/C21H21F3N4O4S/c1-31-17-7-5-15(6-8-17)20-25-19(32-26-20)14-27-9-11-28(12-10-27)33(29,30)18-4-2-3-16(13-18)21(22,23)24/h2-8,13H,9-12,14H2,1H3. The predicted molar refractivity (Wildman–Crippen MR) is 112 cm³/mol. The largest absolute Gasteiger partial charge is 0.497 e. The fraction of sp³-hybridized carbons (Fsp3) is 0.333. The summed E-state index contributed by atoms with van der Waals surface area (Å²) in [5.41, 5.74) is -0.228. The molecular weight excluding hydrogens is 461 g/mol. The van der Waals surface area contributed by atoms with Crippen LogP contribution >= 0.6 is 0 Å². The highest BCUT2D eigenvalue weighted by Gasteiger charge is 2.34. The summed E-state index contributed by atoms with van der Waals surface area (Å²) >= 11 is 0. The van der Waals surface area contributed by atoms with Crippen LogP contribution in [-0.4, -0.2) is 61.1 Å². The number of hydrogen-bond acceptors (Lipinski definition) is 7. The lowest BCUT2D eigenvalue weighted by Gasteiger charge is -2.33. The van der Waals surface area contributed by atoms with Crippen LogP contribution < -0.4 is 4.74 Å². The Morgan fingerprint density at radius 1 is 1.06 bits per heavy atom. The Balaban J connectivity index is 1.38. The fourth-order valence-corrected chi connectivity index (χ4v) is 4.95. The summed E-state index contributed by atoms with van der Waals surface area (Å²) < 4.78 is 76.2. The third kappa shape index (κ3) is 5.18. The van der Waals surface area contributed by atoms with Crippen molar-refractivity contribution in [3.8, 4) is 17.1 Å². The molecule has 1 fully saturated rings. The van der Waals surface area contributed by atoms with Crippen molar-refractivity contribution in [1.29, 1.82) is 0 Å². The first-order valence-electron chi connectivity index (χ1n) is 10.0. The van der Waals surface area contributed by atoms with Crippen LogP contribution in [0.15, 0.2) is 57.9 Å². The molecule has 0 N–H and O–H groups in total. The molecule has 33 heavy (non-hydrogen) atoms. The van der Waals surface area contributed by atoms with Gasteiger partial charge in [0.15, 0.2) is 0 Å². The van der Waals surface area contributed by atoms with Gasteiger partial charge in [-0.25, -0.2) is 8.42 Å². The minimum Gasteiger partial charge on any atom is -0.497 e. The SMILES string of the molecule is COc1ccc(-c2noc(CN3CCN(S(=O)(=O)c4cccc(C(F)(F)F)c4)CC3)n2)cc1. The average Bonchev–Trinajstić information content (AvgIpc) is 3.27. The average molecular weight is 482 g/mol. The number of piperazine rings is 1. The second-order valence-corrected chi connectivity index (χ2v) is 9.38. The van der Waals surface area contributed by atoms with Gasteiger partial charge in [0, 0.05) is 31.7 Å². The van der Waals surface area contributed by atoms with Gasteiger partial charge in [0.1, 0.15) is 5.75 Å². The molecule has 1 aromatic heterocycles. The van der Waals surface area contributed by atoms with Crippen LogP contribution in [0.4, 0.5) is 13.2 Å². The topological polar surface area (TPSA) is 88.8 Å². The molecule has 0 atom stereocenters. The zero-order valence-corrected chi connectivity index (χ0v) is 18.4. The van der Waals surface area contributed by atoms with E-state index in [4.69, 9.17) is 9.26 Å². The molecule has 0 saturated carbocycles. The summed E-state index contributed by atoms with van der Waals surface area (Å²) in [6, 6.07) is 11.0. The Morgan fingerprint density at radius 3 is 2.39 bits per heavy atom. The van der Waals surface area contributed by atoms with Gasteiger partial charge in [0.05, 0.1) is 24.1 Å². The maximum Gasteiger partial charge on any atom is 0.416 e. The molecule has 1 saturated heterocycles. The van der Waals surface area contributed by atoms with Crippen molar-refractivity contribution in [3.63, 3.8) is 0 Å². The molecule has 0 aliphatic carbocycles. The van der Waals surface area contributed by atoms with Gasteiger partial charge >= 0.3 is 6.18 Å². The number of ether oxygens (including phenoxy) is 1. The molecule has 0 spiro atoms. The number of methoxy groups -OCH3 is 1. The summed E-state index contributed by atoms with van der Waals surface area (Å²) in [7, 11) is -2.46. The summed E-state index contributed by atoms with van der Waals surface area (Å²) in [4.78, 5) is 5.96. The Hall–Kier alpha value is -2.96. The number of aromatic nitrogens is 2. The van der Waals surface area contributed by atoms with Crippen molar-refractivity contribution < 1.29 is 30.8 Å². The second kappa shape index (κ2) is 9.12. The lowest BCUT2D eigenvalue weighted by Crippen LogP contribution is -2.48. The number of benzene rings is 2. The molecule has 0 amide bonds. The van der Waals surface area contributed by atoms with Gasteiger partial charge in [-0.3, -0.25) is 4.90 Å². The quantitative estimate of drug-likeness (QED) is 0.533. The van der Waals surface area contributed by atoms with E-state index in [1.807, 2.05) is 17.0 Å². The minimum absolute atomic E-state index is 0.137. The van der Waals surface area contributed by atoms with Gasteiger partial charge in [-0.1, -0.05) is 11.2 Å². The molecule has 1 aliphatic heterocycles. The van der Waals surface area contributed by atoms with Crippen molar-refractivity contribution in [3.05, 3.63) is 60.0 Å². The number of hydrogen-bond donors (Lipinski definition) is 0. The van der Waals surface area contributed by atoms with E-state index in [-0.39, 0.29) is 18.0 Å². The zero-order chi connectivity index (χ0) is 23.6. The smallest absolute Gasteiger partial charge is 0.416 e. The summed E-state index contributed by atoms with van der Waals surface area (Å²) in [5.74, 6) is 1.52. The Bertz CT molecular complexity index is 1200. The summed E-state index contributed by atoms with van der Waals surface area (Å²) in [5, 5.41) is 3.98. The van der Waals surface area contributed by atoms with Gasteiger partial charge < -0.3 is 9.26 Å². The predicted octanol–water partition coefficient (Wildman–Crippen LogP) is 3.27. The number of nitrogens with zero attached hydrogens (tertiary/aromatic N) is 4. The van der Waals surface area contributed by atoms with E-state index >= 15 is 0 Å². The third-order valence-corrected chi connectivity index (χ3v) is 7.20. The minimum atomic E-state index is -4.61. The van der Waals surface area contributed by atoms with Crippen LogP contribution in [0.1, 0.15) is 11.5 Å². The van der Waals surface area contributed by atoms with E-state index in [0.717, 1.165) is 17.7 Å². The molecule has 8 nitrogen and oxygen atoms in total. The molecule has 176 valence electrons. The highest BCUT2D eigenvalue weighted by molar-refractivity contribution is 7.89. The van der Waals surface area contributed by atoms with E-state index in [2.05, 4.69) is 10.1 Å². The van der Waals surface area contributed by atoms with Gasteiger partial charge in [0.25, 0.3) is 0 Å². The van der Waals surface area contributed by atoms with Gasteiger partial charge in [0.2, 0.25) is 21.7 Å². The van der Waals surface area contributed by atoms with Gasteiger partial charge in [-0.2, -0.15) is 22.5 Å². The Kier molecular flexibility index (Phi) is 6.41. The molecule has 0 unspecified atom stereocenters. The first kappa shape index (κ1) is 23.2. The molecule has 0 bridgehead atoms. The van der Waals surface area contributed by atoms with Crippen LogP contribution in [0.25, 0.3) is 11.4 Å². The van der Waals surface area contributed by atoms with E-state index in [1.165, 1.54) is 10.4 Å². The Morgan fingerprint density at radius 2 is 1.76 bits per heavy atom. The lowest BCUT2D eigenvalue weighted by molar-refractivity contribution is -0.137. The molecule has 12 heteroatoms. The maximum atomic E-state index is 13.0. The number of sulfonamides is 1. The van der Waals surface area contributed by atoms with Gasteiger partial charge in [-0.05, 0) is 42.5 Å². The third-order valence-electron chi connectivity index (χ3n) is 5.31. The summed E-state index contributed by atoms with van der Waals surface area (Å²) in [6.45, 7) is 1.35. The van der Waals surface area contributed by atoms with Crippen LogP contribution in [-0.2, 0) is 22.7 Å². The molecule has 2 aromatic carbocycles. The van der Waals surface area contributed by atoms with Crippen LogP contribution in [0.2, 0.25) is 0 Å². The van der Waals surface area contributed by atoms with E-state index in [0.29, 0.717) is 43.2 Å². The van der Waals surface area contributed by atoms with Crippen molar-refractivity contribution in [1.82, 2.24) is 19.3 Å². The summed E-state index contributed by atoms with van der Waals surface area (Å²) in [6.07, 6.45) is -4.61. The highest BCUT2D eigenvalue weighted by Crippen LogP contribution is 2.31. The van der Waals surface area contributed by atoms with E-state index in [9.17, 15) is 21.6 Å². The molecule has 2 heterocycles. The van der Waals surface area contributed by atoms with Crippen LogP contribution in [0.3, 0.4) is 0 Å². The molecule has 0 radical (unpaired) electrons. The van der Waals surface area contributed by atoms with E-state index < -0.39 is 21.8 Å². The number of halogens is 3. The van der Waals surface area contributed by atoms with Crippen LogP contribution in [0, 0.1) is 0 Å². The fourth-order valence-electron chi connectivity index (χ4n) is 3.48. The van der Waals surface area contributed by atoms with Crippen molar-refractivity contribution in [2.75, 3.05) is 33.3 Å². The van der Waals surface area contributed by atoms with Crippen molar-refractivity contribution in [2.24, 2.45) is 0 Å². The normalized spacial score (nSPS) is 16.1. The lowest BCUT2D eigenvalue weighted by atomic mass is 10.2. The van der Waals surface area contributed by atoms with Crippen LogP contribution in [0.5, 0.6) is 5.75 Å². The molecular formula is C21H21F3N4O4S. The van der Waals surface area contributed by atoms with Crippen molar-refractivity contribution >= 4 is 10.0 Å². The second-order valence-electron chi connectivity index (χ2n) is 7.45. The van der Waals surface area contributed by atoms with Crippen molar-refractivity contribution in [2.45, 2.75) is 17.6 Å².